The van der Waals surface area contributed by atoms with Crippen LogP contribution in [0.15, 0.2) is 27.4 Å². The highest BCUT2D eigenvalue weighted by Gasteiger charge is 2.25. The molecule has 0 aliphatic carbocycles. The van der Waals surface area contributed by atoms with Gasteiger partial charge in [-0.25, -0.2) is 0 Å². The summed E-state index contributed by atoms with van der Waals surface area (Å²) >= 11 is 0. The lowest BCUT2D eigenvalue weighted by Crippen LogP contribution is -2.27. The maximum absolute atomic E-state index is 11.9. The summed E-state index contributed by atoms with van der Waals surface area (Å²) in [5, 5.41) is 10.2. The third-order valence-electron chi connectivity index (χ3n) is 3.13. The number of hydrogen-bond donors (Lipinski definition) is 1. The van der Waals surface area contributed by atoms with Crippen LogP contribution in [0.3, 0.4) is 0 Å². The number of aromatic hydroxyl groups is 1. The fraction of sp³-hybridized carbons (Fsp3) is 0.267. The Morgan fingerprint density at radius 3 is 2.74 bits per heavy atom. The molecule has 2 heterocycles. The summed E-state index contributed by atoms with van der Waals surface area (Å²) < 4.78 is 11.4. The third kappa shape index (κ3) is 1.80. The van der Waals surface area contributed by atoms with Crippen molar-refractivity contribution in [1.29, 1.82) is 0 Å². The monoisotopic (exact) mass is 258 g/mol. The molecule has 0 unspecified atom stereocenters. The molecule has 1 N–H and O–H groups in total. The van der Waals surface area contributed by atoms with Crippen molar-refractivity contribution in [2.24, 2.45) is 0 Å². The smallest absolute Gasteiger partial charge is 0.196 e. The minimum absolute atomic E-state index is 0.117. The number of aryl methyl sites for hydroxylation is 1. The van der Waals surface area contributed by atoms with Crippen LogP contribution in [0.5, 0.6) is 11.5 Å². The second kappa shape index (κ2) is 3.63. The lowest BCUT2D eigenvalue weighted by Gasteiger charge is -2.28. The first-order valence-electron chi connectivity index (χ1n) is 6.06. The summed E-state index contributed by atoms with van der Waals surface area (Å²) in [5.74, 6) is 0.906. The number of benzene rings is 1. The number of rotatable bonds is 0. The maximum Gasteiger partial charge on any atom is 0.196 e. The summed E-state index contributed by atoms with van der Waals surface area (Å²) in [5.41, 5.74) is 0.356. The van der Waals surface area contributed by atoms with E-state index < -0.39 is 5.60 Å². The summed E-state index contributed by atoms with van der Waals surface area (Å²) in [6.45, 7) is 5.54. The molecule has 1 aromatic carbocycles. The molecule has 3 rings (SSSR count). The highest BCUT2D eigenvalue weighted by atomic mass is 16.5. The number of fused-ring (bicyclic) bond motifs is 3. The molecule has 19 heavy (non-hydrogen) atoms. The van der Waals surface area contributed by atoms with Crippen molar-refractivity contribution < 1.29 is 14.3 Å². The second-order valence-electron chi connectivity index (χ2n) is 5.27. The van der Waals surface area contributed by atoms with E-state index in [1.54, 1.807) is 6.92 Å². The standard InChI is InChI=1S/C15H14O4/c1-8-6-10(16)13-11(17)7-12-9(14(13)18-8)4-5-15(2,3)19-12/h4-7,17H,1-3H3. The van der Waals surface area contributed by atoms with Gasteiger partial charge in [-0.05, 0) is 32.9 Å². The van der Waals surface area contributed by atoms with Crippen LogP contribution in [-0.2, 0) is 0 Å². The van der Waals surface area contributed by atoms with Gasteiger partial charge in [0.1, 0.15) is 28.2 Å². The Labute approximate surface area is 109 Å². The van der Waals surface area contributed by atoms with Crippen LogP contribution in [0.25, 0.3) is 17.0 Å². The predicted octanol–water partition coefficient (Wildman–Crippen LogP) is 2.99. The van der Waals surface area contributed by atoms with Gasteiger partial charge in [0.25, 0.3) is 0 Å². The Morgan fingerprint density at radius 2 is 2.00 bits per heavy atom. The van der Waals surface area contributed by atoms with Crippen LogP contribution >= 0.6 is 0 Å². The molecule has 0 atom stereocenters. The number of phenolic OH excluding ortho intramolecular Hbond substituents is 1. The van der Waals surface area contributed by atoms with E-state index in [1.165, 1.54) is 12.1 Å². The molecular weight excluding hydrogens is 244 g/mol. The quantitative estimate of drug-likeness (QED) is 0.789. The molecule has 98 valence electrons. The molecule has 2 aromatic rings. The molecule has 0 saturated heterocycles. The minimum Gasteiger partial charge on any atom is -0.507 e. The first-order valence-corrected chi connectivity index (χ1v) is 6.06. The van der Waals surface area contributed by atoms with Crippen LogP contribution in [0, 0.1) is 6.92 Å². The van der Waals surface area contributed by atoms with Gasteiger partial charge in [-0.2, -0.15) is 0 Å². The molecule has 1 aliphatic heterocycles. The van der Waals surface area contributed by atoms with Crippen LogP contribution < -0.4 is 10.2 Å². The van der Waals surface area contributed by atoms with Crippen molar-refractivity contribution >= 4 is 17.0 Å². The van der Waals surface area contributed by atoms with Gasteiger partial charge in [-0.15, -0.1) is 0 Å². The lowest BCUT2D eigenvalue weighted by atomic mass is 10.00. The molecule has 4 heteroatoms. The predicted molar refractivity (Wildman–Crippen MR) is 72.6 cm³/mol. The molecule has 1 aliphatic rings. The van der Waals surface area contributed by atoms with Gasteiger partial charge >= 0.3 is 0 Å². The van der Waals surface area contributed by atoms with Gasteiger partial charge in [-0.1, -0.05) is 0 Å². The van der Waals surface area contributed by atoms with Crippen molar-refractivity contribution in [1.82, 2.24) is 0 Å². The zero-order valence-corrected chi connectivity index (χ0v) is 11.0. The Morgan fingerprint density at radius 1 is 1.26 bits per heavy atom. The summed E-state index contributed by atoms with van der Waals surface area (Å²) in [7, 11) is 0. The van der Waals surface area contributed by atoms with Gasteiger partial charge in [0.15, 0.2) is 11.0 Å². The summed E-state index contributed by atoms with van der Waals surface area (Å²) in [4.78, 5) is 11.9. The van der Waals surface area contributed by atoms with Gasteiger partial charge in [0.05, 0.1) is 5.56 Å². The van der Waals surface area contributed by atoms with Crippen LogP contribution in [-0.4, -0.2) is 10.7 Å². The van der Waals surface area contributed by atoms with E-state index in [4.69, 9.17) is 9.15 Å². The Balaban J connectivity index is 2.44. The first-order chi connectivity index (χ1) is 8.87. The van der Waals surface area contributed by atoms with Crippen molar-refractivity contribution in [3.05, 3.63) is 39.8 Å². The van der Waals surface area contributed by atoms with Crippen LogP contribution in [0.4, 0.5) is 0 Å². The van der Waals surface area contributed by atoms with Gasteiger partial charge in [0, 0.05) is 12.1 Å². The van der Waals surface area contributed by atoms with Gasteiger partial charge < -0.3 is 14.3 Å². The van der Waals surface area contributed by atoms with Crippen molar-refractivity contribution in [3.8, 4) is 11.5 Å². The number of hydrogen-bond acceptors (Lipinski definition) is 4. The topological polar surface area (TPSA) is 59.7 Å². The molecule has 0 saturated carbocycles. The van der Waals surface area contributed by atoms with E-state index in [1.807, 2.05) is 26.0 Å². The number of phenols is 1. The van der Waals surface area contributed by atoms with E-state index in [0.29, 0.717) is 22.7 Å². The molecule has 0 radical (unpaired) electrons. The zero-order chi connectivity index (χ0) is 13.8. The van der Waals surface area contributed by atoms with E-state index in [2.05, 4.69) is 0 Å². The lowest BCUT2D eigenvalue weighted by molar-refractivity contribution is 0.158. The fourth-order valence-corrected chi connectivity index (χ4v) is 2.27. The Hall–Kier alpha value is -2.23. The Bertz CT molecular complexity index is 766. The van der Waals surface area contributed by atoms with Crippen molar-refractivity contribution in [2.75, 3.05) is 0 Å². The highest BCUT2D eigenvalue weighted by Crippen LogP contribution is 2.39. The molecular formula is C15H14O4. The average molecular weight is 258 g/mol. The largest absolute Gasteiger partial charge is 0.507 e. The minimum atomic E-state index is -0.447. The SMILES string of the molecule is Cc1cc(=O)c2c(O)cc3c(c2o1)C=CC(C)(C)O3. The van der Waals surface area contributed by atoms with Crippen molar-refractivity contribution in [2.45, 2.75) is 26.4 Å². The zero-order valence-electron chi connectivity index (χ0n) is 11.0. The van der Waals surface area contributed by atoms with E-state index in [-0.39, 0.29) is 16.6 Å². The fourth-order valence-electron chi connectivity index (χ4n) is 2.27. The first kappa shape index (κ1) is 11.8. The molecule has 0 spiro atoms. The van der Waals surface area contributed by atoms with E-state index in [9.17, 15) is 9.90 Å². The summed E-state index contributed by atoms with van der Waals surface area (Å²) in [6.07, 6.45) is 3.76. The molecule has 1 aromatic heterocycles. The van der Waals surface area contributed by atoms with Gasteiger partial charge in [-0.3, -0.25) is 4.79 Å². The third-order valence-corrected chi connectivity index (χ3v) is 3.13. The van der Waals surface area contributed by atoms with Crippen molar-refractivity contribution in [3.63, 3.8) is 0 Å². The van der Waals surface area contributed by atoms with Gasteiger partial charge in [0.2, 0.25) is 0 Å². The second-order valence-corrected chi connectivity index (χ2v) is 5.27. The normalized spacial score (nSPS) is 16.2. The molecule has 0 bridgehead atoms. The highest BCUT2D eigenvalue weighted by molar-refractivity contribution is 5.93. The van der Waals surface area contributed by atoms with E-state index >= 15 is 0 Å². The number of ether oxygens (including phenoxy) is 1. The Kier molecular flexibility index (Phi) is 2.26. The molecule has 0 amide bonds. The van der Waals surface area contributed by atoms with Crippen LogP contribution in [0.2, 0.25) is 0 Å². The molecule has 4 nitrogen and oxygen atoms in total. The maximum atomic E-state index is 11.9. The molecule has 0 fully saturated rings. The summed E-state index contributed by atoms with van der Waals surface area (Å²) in [6, 6.07) is 2.83. The van der Waals surface area contributed by atoms with Crippen LogP contribution in [0.1, 0.15) is 25.2 Å². The average Bonchev–Trinajstić information content (AvgIpc) is 2.25. The van der Waals surface area contributed by atoms with E-state index in [0.717, 1.165) is 0 Å².